The van der Waals surface area contributed by atoms with Crippen molar-refractivity contribution in [3.8, 4) is 0 Å². The highest BCUT2D eigenvalue weighted by molar-refractivity contribution is 7.80. The van der Waals surface area contributed by atoms with Gasteiger partial charge in [0.1, 0.15) is 4.99 Å². The number of anilines is 1. The maximum absolute atomic E-state index is 5.60. The molecule has 0 aliphatic heterocycles. The Kier molecular flexibility index (Phi) is 4.42. The molecule has 0 spiro atoms. The van der Waals surface area contributed by atoms with E-state index in [-0.39, 0.29) is 0 Å². The summed E-state index contributed by atoms with van der Waals surface area (Å²) >= 11 is 4.96. The molecular formula is C15H23N3S. The fourth-order valence-electron chi connectivity index (χ4n) is 2.83. The smallest absolute Gasteiger partial charge is 0.103 e. The van der Waals surface area contributed by atoms with Crippen LogP contribution in [-0.2, 0) is 0 Å². The first-order chi connectivity index (χ1) is 9.03. The minimum absolute atomic E-state index is 0.307. The number of nitrogens with zero attached hydrogens (tertiary/aromatic N) is 1. The van der Waals surface area contributed by atoms with Crippen molar-refractivity contribution in [1.82, 2.24) is 4.90 Å². The van der Waals surface area contributed by atoms with Crippen molar-refractivity contribution in [2.24, 2.45) is 5.73 Å². The number of thiocarbonyl (C=S) groups is 1. The maximum atomic E-state index is 5.60. The first-order valence-electron chi connectivity index (χ1n) is 6.85. The third kappa shape index (κ3) is 3.25. The van der Waals surface area contributed by atoms with Gasteiger partial charge in [-0.05, 0) is 51.2 Å². The molecule has 0 amide bonds. The average Bonchev–Trinajstić information content (AvgIpc) is 2.87. The Morgan fingerprint density at radius 3 is 2.32 bits per heavy atom. The highest BCUT2D eigenvalue weighted by Crippen LogP contribution is 2.33. The van der Waals surface area contributed by atoms with E-state index in [1.807, 2.05) is 24.3 Å². The summed E-state index contributed by atoms with van der Waals surface area (Å²) in [5.74, 6) is 0. The van der Waals surface area contributed by atoms with E-state index in [2.05, 4.69) is 24.3 Å². The van der Waals surface area contributed by atoms with Crippen molar-refractivity contribution in [3.63, 3.8) is 0 Å². The Bertz CT molecular complexity index is 433. The molecule has 3 N–H and O–H groups in total. The fraction of sp³-hybridized carbons (Fsp3) is 0.533. The normalized spacial score (nSPS) is 17.6. The lowest BCUT2D eigenvalue weighted by Crippen LogP contribution is -2.47. The van der Waals surface area contributed by atoms with Crippen LogP contribution in [-0.4, -0.2) is 36.1 Å². The molecule has 1 aromatic carbocycles. The van der Waals surface area contributed by atoms with Crippen LogP contribution >= 0.6 is 12.2 Å². The van der Waals surface area contributed by atoms with Gasteiger partial charge in [0.2, 0.25) is 0 Å². The summed E-state index contributed by atoms with van der Waals surface area (Å²) in [5.41, 5.74) is 7.96. The summed E-state index contributed by atoms with van der Waals surface area (Å²) < 4.78 is 0. The van der Waals surface area contributed by atoms with Crippen molar-refractivity contribution >= 4 is 22.9 Å². The average molecular weight is 277 g/mol. The molecule has 1 saturated carbocycles. The number of hydrogen-bond acceptors (Lipinski definition) is 3. The topological polar surface area (TPSA) is 41.3 Å². The molecule has 0 bridgehead atoms. The van der Waals surface area contributed by atoms with Crippen molar-refractivity contribution in [2.75, 3.05) is 26.0 Å². The number of nitrogens with one attached hydrogen (secondary N) is 1. The van der Waals surface area contributed by atoms with Gasteiger partial charge in [-0.1, -0.05) is 25.1 Å². The molecule has 1 aliphatic carbocycles. The Labute approximate surface area is 121 Å². The van der Waals surface area contributed by atoms with Crippen molar-refractivity contribution in [3.05, 3.63) is 29.8 Å². The number of nitrogens with two attached hydrogens (primary N) is 1. The van der Waals surface area contributed by atoms with E-state index >= 15 is 0 Å². The summed E-state index contributed by atoms with van der Waals surface area (Å²) in [7, 11) is 4.37. The van der Waals surface area contributed by atoms with Gasteiger partial charge in [0.05, 0.1) is 0 Å². The van der Waals surface area contributed by atoms with Crippen LogP contribution in [0.5, 0.6) is 0 Å². The van der Waals surface area contributed by atoms with Crippen LogP contribution in [0.2, 0.25) is 0 Å². The standard InChI is InChI=1S/C15H23N3S/c1-18(2)15(9-3-4-10-15)11-17-13-7-5-12(6-8-13)14(16)19/h5-8,17H,3-4,9-11H2,1-2H3,(H2,16,19). The molecule has 0 unspecified atom stereocenters. The van der Waals surface area contributed by atoms with Crippen molar-refractivity contribution in [2.45, 2.75) is 31.2 Å². The number of rotatable bonds is 5. The number of likely N-dealkylation sites (N-methyl/N-ethyl adjacent to an activating group) is 1. The second-order valence-electron chi connectivity index (χ2n) is 5.62. The van der Waals surface area contributed by atoms with Gasteiger partial charge in [-0.2, -0.15) is 0 Å². The molecule has 0 heterocycles. The molecule has 1 aliphatic rings. The van der Waals surface area contributed by atoms with Gasteiger partial charge in [-0.15, -0.1) is 0 Å². The van der Waals surface area contributed by atoms with Crippen LogP contribution in [0.4, 0.5) is 5.69 Å². The van der Waals surface area contributed by atoms with Crippen molar-refractivity contribution in [1.29, 1.82) is 0 Å². The Balaban J connectivity index is 1.99. The fourth-order valence-corrected chi connectivity index (χ4v) is 2.97. The van der Waals surface area contributed by atoms with Crippen LogP contribution in [0.1, 0.15) is 31.2 Å². The first-order valence-corrected chi connectivity index (χ1v) is 7.25. The van der Waals surface area contributed by atoms with E-state index in [4.69, 9.17) is 18.0 Å². The van der Waals surface area contributed by atoms with Crippen LogP contribution in [0.15, 0.2) is 24.3 Å². The molecule has 1 fully saturated rings. The van der Waals surface area contributed by atoms with E-state index < -0.39 is 0 Å². The highest BCUT2D eigenvalue weighted by atomic mass is 32.1. The largest absolute Gasteiger partial charge is 0.389 e. The highest BCUT2D eigenvalue weighted by Gasteiger charge is 2.35. The zero-order chi connectivity index (χ0) is 13.9. The van der Waals surface area contributed by atoms with Crippen molar-refractivity contribution < 1.29 is 0 Å². The zero-order valence-corrected chi connectivity index (χ0v) is 12.6. The summed E-state index contributed by atoms with van der Waals surface area (Å²) in [6.07, 6.45) is 5.22. The van der Waals surface area contributed by atoms with E-state index in [9.17, 15) is 0 Å². The van der Waals surface area contributed by atoms with Gasteiger partial charge in [0.15, 0.2) is 0 Å². The quantitative estimate of drug-likeness (QED) is 0.812. The van der Waals surface area contributed by atoms with Gasteiger partial charge in [0, 0.05) is 23.3 Å². The molecule has 2 rings (SSSR count). The molecule has 19 heavy (non-hydrogen) atoms. The third-order valence-electron chi connectivity index (χ3n) is 4.27. The molecule has 104 valence electrons. The monoisotopic (exact) mass is 277 g/mol. The molecule has 3 nitrogen and oxygen atoms in total. The van der Waals surface area contributed by atoms with Gasteiger partial charge in [-0.3, -0.25) is 0 Å². The van der Waals surface area contributed by atoms with Gasteiger partial charge < -0.3 is 16.0 Å². The third-order valence-corrected chi connectivity index (χ3v) is 4.51. The Morgan fingerprint density at radius 1 is 1.26 bits per heavy atom. The molecule has 4 heteroatoms. The molecule has 0 aromatic heterocycles. The summed E-state index contributed by atoms with van der Waals surface area (Å²) in [4.78, 5) is 2.82. The zero-order valence-electron chi connectivity index (χ0n) is 11.8. The van der Waals surface area contributed by atoms with E-state index in [1.165, 1.54) is 25.7 Å². The second-order valence-corrected chi connectivity index (χ2v) is 6.06. The number of hydrogen-bond donors (Lipinski definition) is 2. The van der Waals surface area contributed by atoms with Crippen LogP contribution in [0.25, 0.3) is 0 Å². The lowest BCUT2D eigenvalue weighted by molar-refractivity contribution is 0.172. The first kappa shape index (κ1) is 14.3. The molecule has 0 radical (unpaired) electrons. The minimum atomic E-state index is 0.307. The molecule has 1 aromatic rings. The summed E-state index contributed by atoms with van der Waals surface area (Å²) in [5, 5.41) is 3.55. The summed E-state index contributed by atoms with van der Waals surface area (Å²) in [6.45, 7) is 0.992. The second kappa shape index (κ2) is 5.88. The molecule has 0 atom stereocenters. The lowest BCUT2D eigenvalue weighted by Gasteiger charge is -2.36. The van der Waals surface area contributed by atoms with Gasteiger partial charge in [-0.25, -0.2) is 0 Å². The van der Waals surface area contributed by atoms with Crippen LogP contribution in [0.3, 0.4) is 0 Å². The summed E-state index contributed by atoms with van der Waals surface area (Å²) in [6, 6.07) is 8.04. The maximum Gasteiger partial charge on any atom is 0.103 e. The van der Waals surface area contributed by atoms with E-state index in [1.54, 1.807) is 0 Å². The Hall–Kier alpha value is -1.13. The van der Waals surface area contributed by atoms with Crippen LogP contribution in [0, 0.1) is 0 Å². The number of benzene rings is 1. The van der Waals surface area contributed by atoms with Gasteiger partial charge in [0.25, 0.3) is 0 Å². The molecular weight excluding hydrogens is 254 g/mol. The minimum Gasteiger partial charge on any atom is -0.389 e. The predicted octanol–water partition coefficient (Wildman–Crippen LogP) is 2.61. The predicted molar refractivity (Wildman–Crippen MR) is 85.7 cm³/mol. The van der Waals surface area contributed by atoms with Gasteiger partial charge >= 0.3 is 0 Å². The lowest BCUT2D eigenvalue weighted by atomic mass is 9.96. The van der Waals surface area contributed by atoms with E-state index in [0.29, 0.717) is 10.5 Å². The van der Waals surface area contributed by atoms with E-state index in [0.717, 1.165) is 17.8 Å². The molecule has 0 saturated heterocycles. The van der Waals surface area contributed by atoms with Crippen LogP contribution < -0.4 is 11.1 Å². The Morgan fingerprint density at radius 2 is 1.84 bits per heavy atom. The SMILES string of the molecule is CN(C)C1(CNc2ccc(C(N)=S)cc2)CCCC1.